The normalized spacial score (nSPS) is 12.3. The van der Waals surface area contributed by atoms with Gasteiger partial charge in [-0.1, -0.05) is 32.9 Å². The molecule has 0 fully saturated rings. The smallest absolute Gasteiger partial charge is 0.265 e. The Morgan fingerprint density at radius 2 is 1.91 bits per heavy atom. The summed E-state index contributed by atoms with van der Waals surface area (Å²) in [6.45, 7) is 5.67. The Balaban J connectivity index is 2.16. The second kappa shape index (κ2) is 5.38. The molecular weight excluding hydrogens is 299 g/mol. The number of aromatic nitrogens is 5. The molecule has 0 aliphatic carbocycles. The summed E-state index contributed by atoms with van der Waals surface area (Å²) in [6, 6.07) is 5.78. The molecule has 0 aliphatic rings. The van der Waals surface area contributed by atoms with E-state index in [1.165, 1.54) is 29.2 Å². The van der Waals surface area contributed by atoms with Crippen LogP contribution in [-0.4, -0.2) is 30.7 Å². The third-order valence-corrected chi connectivity index (χ3v) is 3.21. The maximum absolute atomic E-state index is 12.9. The van der Waals surface area contributed by atoms with Crippen LogP contribution in [-0.2, 0) is 5.41 Å². The minimum Gasteiger partial charge on any atom is -0.265 e. The summed E-state index contributed by atoms with van der Waals surface area (Å²) in [4.78, 5) is 12.6. The Hall–Kier alpha value is -2.90. The number of halogens is 1. The van der Waals surface area contributed by atoms with Crippen molar-refractivity contribution < 1.29 is 4.39 Å². The minimum absolute atomic E-state index is 0.210. The second-order valence-corrected chi connectivity index (χ2v) is 6.09. The average Bonchev–Trinajstić information content (AvgIpc) is 2.94. The molecule has 0 unspecified atom stereocenters. The summed E-state index contributed by atoms with van der Waals surface area (Å²) in [5.74, 6) is -0.126. The number of hydrogen-bond acceptors (Lipinski definition) is 5. The summed E-state index contributed by atoms with van der Waals surface area (Å²) >= 11 is 0. The monoisotopic (exact) mass is 314 g/mol. The van der Waals surface area contributed by atoms with Gasteiger partial charge in [0.2, 0.25) is 0 Å². The van der Waals surface area contributed by atoms with E-state index in [4.69, 9.17) is 0 Å². The van der Waals surface area contributed by atoms with Crippen LogP contribution in [0.25, 0.3) is 5.78 Å². The first kappa shape index (κ1) is 15.0. The van der Waals surface area contributed by atoms with E-state index in [2.05, 4.69) is 20.4 Å². The first-order valence-corrected chi connectivity index (χ1v) is 7.00. The van der Waals surface area contributed by atoms with Gasteiger partial charge in [0.1, 0.15) is 17.8 Å². The number of hydrogen-bond donors (Lipinski definition) is 0. The van der Waals surface area contributed by atoms with Gasteiger partial charge >= 0.3 is 0 Å². The third kappa shape index (κ3) is 2.87. The van der Waals surface area contributed by atoms with E-state index in [1.54, 1.807) is 12.1 Å². The molecule has 118 valence electrons. The minimum atomic E-state index is -0.456. The van der Waals surface area contributed by atoms with E-state index in [1.807, 2.05) is 20.8 Å². The Morgan fingerprint density at radius 1 is 1.22 bits per heavy atom. The van der Waals surface area contributed by atoms with Gasteiger partial charge in [-0.25, -0.2) is 4.39 Å². The van der Waals surface area contributed by atoms with Crippen molar-refractivity contribution in [3.05, 3.63) is 58.0 Å². The molecule has 23 heavy (non-hydrogen) atoms. The van der Waals surface area contributed by atoms with Crippen LogP contribution in [0.5, 0.6) is 0 Å². The molecule has 0 amide bonds. The predicted molar refractivity (Wildman–Crippen MR) is 83.1 cm³/mol. The highest BCUT2D eigenvalue weighted by atomic mass is 19.1. The van der Waals surface area contributed by atoms with Crippen molar-refractivity contribution in [2.45, 2.75) is 26.2 Å². The average molecular weight is 314 g/mol. The summed E-state index contributed by atoms with van der Waals surface area (Å²) in [5.41, 5.74) is 0.186. The summed E-state index contributed by atoms with van der Waals surface area (Å²) in [5, 5.41) is 16.1. The zero-order chi connectivity index (χ0) is 16.6. The third-order valence-electron chi connectivity index (χ3n) is 3.21. The van der Waals surface area contributed by atoms with Crippen LogP contribution in [0.1, 0.15) is 32.0 Å². The van der Waals surface area contributed by atoms with Crippen molar-refractivity contribution in [2.75, 3.05) is 0 Å². The van der Waals surface area contributed by atoms with Crippen LogP contribution in [0, 0.1) is 5.82 Å². The zero-order valence-corrected chi connectivity index (χ0v) is 12.9. The van der Waals surface area contributed by atoms with Crippen molar-refractivity contribution in [1.29, 1.82) is 0 Å². The lowest BCUT2D eigenvalue weighted by Crippen LogP contribution is -2.33. The van der Waals surface area contributed by atoms with Crippen molar-refractivity contribution in [3.63, 3.8) is 0 Å². The number of fused-ring (bicyclic) bond motifs is 1. The van der Waals surface area contributed by atoms with Gasteiger partial charge in [0, 0.05) is 5.41 Å². The van der Waals surface area contributed by atoms with Gasteiger partial charge in [0.05, 0.1) is 6.21 Å². The first-order chi connectivity index (χ1) is 10.9. The molecule has 0 atom stereocenters. The van der Waals surface area contributed by atoms with E-state index in [9.17, 15) is 9.18 Å². The molecule has 1 aromatic carbocycles. The highest BCUT2D eigenvalue weighted by Crippen LogP contribution is 2.16. The van der Waals surface area contributed by atoms with Crippen LogP contribution in [0.2, 0.25) is 0 Å². The molecule has 3 rings (SSSR count). The van der Waals surface area contributed by atoms with E-state index in [0.29, 0.717) is 11.3 Å². The van der Waals surface area contributed by atoms with Crippen LogP contribution in [0.3, 0.4) is 0 Å². The van der Waals surface area contributed by atoms with Crippen molar-refractivity contribution in [1.82, 2.24) is 24.5 Å². The molecule has 0 aliphatic heterocycles. The lowest BCUT2D eigenvalue weighted by atomic mass is 9.93. The highest BCUT2D eigenvalue weighted by Gasteiger charge is 2.23. The molecule has 0 bridgehead atoms. The molecule has 2 heterocycles. The standard InChI is InChI=1S/C15H15FN6O/c1-15(2,3)12-13(23)22(14-19-17-9-21(14)20-12)18-8-10-4-6-11(16)7-5-10/h4-9H,1-3H3/b18-8+. The molecule has 0 spiro atoms. The molecule has 8 heteroatoms. The van der Waals surface area contributed by atoms with Gasteiger partial charge < -0.3 is 0 Å². The number of rotatable bonds is 2. The van der Waals surface area contributed by atoms with Gasteiger partial charge in [-0.3, -0.25) is 4.79 Å². The van der Waals surface area contributed by atoms with Crippen molar-refractivity contribution in [3.8, 4) is 0 Å². The lowest BCUT2D eigenvalue weighted by molar-refractivity contribution is 0.529. The summed E-state index contributed by atoms with van der Waals surface area (Å²) in [6.07, 6.45) is 2.87. The van der Waals surface area contributed by atoms with Gasteiger partial charge in [-0.15, -0.1) is 10.2 Å². The highest BCUT2D eigenvalue weighted by molar-refractivity contribution is 5.79. The van der Waals surface area contributed by atoms with Gasteiger partial charge in [0.15, 0.2) is 0 Å². The van der Waals surface area contributed by atoms with E-state index in [-0.39, 0.29) is 17.2 Å². The fraction of sp³-hybridized carbons (Fsp3) is 0.267. The number of nitrogens with zero attached hydrogens (tertiary/aromatic N) is 6. The van der Waals surface area contributed by atoms with Gasteiger partial charge in [-0.05, 0) is 17.7 Å². The Morgan fingerprint density at radius 3 is 2.57 bits per heavy atom. The molecule has 2 aromatic heterocycles. The van der Waals surface area contributed by atoms with Crippen LogP contribution >= 0.6 is 0 Å². The van der Waals surface area contributed by atoms with Crippen LogP contribution < -0.4 is 5.56 Å². The molecule has 0 saturated heterocycles. The predicted octanol–water partition coefficient (Wildman–Crippen LogP) is 1.60. The largest absolute Gasteiger partial charge is 0.298 e. The number of benzene rings is 1. The molecule has 3 aromatic rings. The first-order valence-electron chi connectivity index (χ1n) is 7.00. The second-order valence-electron chi connectivity index (χ2n) is 6.09. The summed E-state index contributed by atoms with van der Waals surface area (Å²) < 4.78 is 15.5. The molecule has 0 saturated carbocycles. The quantitative estimate of drug-likeness (QED) is 0.673. The van der Waals surface area contributed by atoms with Gasteiger partial charge in [-0.2, -0.15) is 19.4 Å². The maximum Gasteiger partial charge on any atom is 0.298 e. The Labute approximate surface area is 131 Å². The fourth-order valence-corrected chi connectivity index (χ4v) is 2.02. The van der Waals surface area contributed by atoms with Crippen LogP contribution in [0.4, 0.5) is 4.39 Å². The SMILES string of the molecule is CC(C)(C)c1nn2cnnc2n(/N=C/c2ccc(F)cc2)c1=O. The van der Waals surface area contributed by atoms with Crippen LogP contribution in [0.15, 0.2) is 40.5 Å². The fourth-order valence-electron chi connectivity index (χ4n) is 2.02. The Bertz CT molecular complexity index is 933. The molecule has 0 N–H and O–H groups in total. The lowest BCUT2D eigenvalue weighted by Gasteiger charge is -2.16. The van der Waals surface area contributed by atoms with E-state index in [0.717, 1.165) is 4.68 Å². The van der Waals surface area contributed by atoms with E-state index < -0.39 is 5.41 Å². The molecule has 7 nitrogen and oxygen atoms in total. The summed E-state index contributed by atoms with van der Waals surface area (Å²) in [7, 11) is 0. The van der Waals surface area contributed by atoms with E-state index >= 15 is 0 Å². The van der Waals surface area contributed by atoms with Crippen molar-refractivity contribution >= 4 is 12.0 Å². The topological polar surface area (TPSA) is 77.4 Å². The Kier molecular flexibility index (Phi) is 3.51. The zero-order valence-electron chi connectivity index (χ0n) is 12.9. The van der Waals surface area contributed by atoms with Gasteiger partial charge in [0.25, 0.3) is 11.3 Å². The van der Waals surface area contributed by atoms with Crippen molar-refractivity contribution in [2.24, 2.45) is 5.10 Å². The molecule has 0 radical (unpaired) electrons. The molecular formula is C15H15FN6O. The maximum atomic E-state index is 12.9.